The first kappa shape index (κ1) is 10.3. The number of rotatable bonds is 2. The summed E-state index contributed by atoms with van der Waals surface area (Å²) in [4.78, 5) is 21.5. The molecule has 0 N–H and O–H groups in total. The summed E-state index contributed by atoms with van der Waals surface area (Å²) >= 11 is 0. The van der Waals surface area contributed by atoms with Crippen molar-refractivity contribution in [2.75, 3.05) is 0 Å². The summed E-state index contributed by atoms with van der Waals surface area (Å²) in [5.41, 5.74) is 0.626. The summed E-state index contributed by atoms with van der Waals surface area (Å²) in [5.74, 6) is -0.0422. The topological polar surface area (TPSA) is 60.2 Å². The number of nitro benzene ring substituents is 1. The summed E-state index contributed by atoms with van der Waals surface area (Å²) in [7, 11) is 0. The average Bonchev–Trinajstić information content (AvgIpc) is 2.27. The van der Waals surface area contributed by atoms with Crippen LogP contribution in [-0.2, 0) is 0 Å². The van der Waals surface area contributed by atoms with Crippen molar-refractivity contribution in [1.82, 2.24) is 0 Å². The van der Waals surface area contributed by atoms with Crippen molar-refractivity contribution in [2.45, 2.75) is 6.92 Å². The number of benzene rings is 2. The summed E-state index contributed by atoms with van der Waals surface area (Å²) in [6.07, 6.45) is 0. The number of nitrogens with zero attached hydrogens (tertiary/aromatic N) is 1. The average molecular weight is 215 g/mol. The van der Waals surface area contributed by atoms with Crippen molar-refractivity contribution in [3.05, 3.63) is 52.1 Å². The minimum Gasteiger partial charge on any atom is -0.294 e. The lowest BCUT2D eigenvalue weighted by Crippen LogP contribution is -1.94. The largest absolute Gasteiger partial charge is 0.294 e. The van der Waals surface area contributed by atoms with Crippen molar-refractivity contribution in [3.63, 3.8) is 0 Å². The van der Waals surface area contributed by atoms with Crippen LogP contribution in [0, 0.1) is 10.1 Å². The Morgan fingerprint density at radius 3 is 2.62 bits per heavy atom. The SMILES string of the molecule is CC(=O)c1cccc2cc([N+](=O)[O-])ccc12. The number of Topliss-reactive ketones (excluding diaryl/α,β-unsaturated/α-hetero) is 1. The van der Waals surface area contributed by atoms with Gasteiger partial charge in [0.15, 0.2) is 5.78 Å². The molecule has 4 heteroatoms. The van der Waals surface area contributed by atoms with E-state index < -0.39 is 4.92 Å². The Kier molecular flexibility index (Phi) is 2.40. The lowest BCUT2D eigenvalue weighted by Gasteiger charge is -2.02. The minimum atomic E-state index is -0.445. The van der Waals surface area contributed by atoms with E-state index in [0.29, 0.717) is 10.9 Å². The fourth-order valence-electron chi connectivity index (χ4n) is 1.69. The van der Waals surface area contributed by atoms with Crippen LogP contribution in [0.2, 0.25) is 0 Å². The Bertz CT molecular complexity index is 590. The summed E-state index contributed by atoms with van der Waals surface area (Å²) in [6.45, 7) is 1.48. The van der Waals surface area contributed by atoms with Crippen LogP contribution < -0.4 is 0 Å². The second-order valence-electron chi connectivity index (χ2n) is 3.52. The van der Waals surface area contributed by atoms with E-state index in [1.54, 1.807) is 24.3 Å². The summed E-state index contributed by atoms with van der Waals surface area (Å²) in [5, 5.41) is 12.1. The third-order valence-corrected chi connectivity index (χ3v) is 2.45. The third-order valence-electron chi connectivity index (χ3n) is 2.45. The molecule has 0 aromatic heterocycles. The van der Waals surface area contributed by atoms with Crippen LogP contribution in [-0.4, -0.2) is 10.7 Å². The molecule has 0 amide bonds. The zero-order valence-corrected chi connectivity index (χ0v) is 8.64. The van der Waals surface area contributed by atoms with Gasteiger partial charge in [0.05, 0.1) is 4.92 Å². The Balaban J connectivity index is 2.73. The predicted octanol–water partition coefficient (Wildman–Crippen LogP) is 2.95. The van der Waals surface area contributed by atoms with Crippen molar-refractivity contribution < 1.29 is 9.72 Å². The summed E-state index contributed by atoms with van der Waals surface area (Å²) < 4.78 is 0. The molecule has 0 atom stereocenters. The standard InChI is InChI=1S/C12H9NO3/c1-8(14)11-4-2-3-9-7-10(13(15)16)5-6-12(9)11/h2-7H,1H3. The maximum absolute atomic E-state index is 11.3. The maximum atomic E-state index is 11.3. The number of hydrogen-bond acceptors (Lipinski definition) is 3. The van der Waals surface area contributed by atoms with Gasteiger partial charge in [0.25, 0.3) is 5.69 Å². The first-order chi connectivity index (χ1) is 7.59. The monoisotopic (exact) mass is 215 g/mol. The first-order valence-corrected chi connectivity index (χ1v) is 4.77. The Labute approximate surface area is 91.7 Å². The molecule has 0 saturated carbocycles. The second-order valence-corrected chi connectivity index (χ2v) is 3.52. The van der Waals surface area contributed by atoms with Crippen molar-refractivity contribution in [1.29, 1.82) is 0 Å². The van der Waals surface area contributed by atoms with Gasteiger partial charge in [0.1, 0.15) is 0 Å². The molecule has 0 aliphatic rings. The molecule has 0 saturated heterocycles. The molecule has 0 bridgehead atoms. The molecule has 0 fully saturated rings. The van der Waals surface area contributed by atoms with E-state index in [2.05, 4.69) is 0 Å². The van der Waals surface area contributed by atoms with Gasteiger partial charge in [-0.15, -0.1) is 0 Å². The molecule has 0 aliphatic heterocycles. The third kappa shape index (κ3) is 1.65. The van der Waals surface area contributed by atoms with Crippen molar-refractivity contribution >= 4 is 22.2 Å². The molecule has 2 rings (SSSR count). The number of fused-ring (bicyclic) bond motifs is 1. The van der Waals surface area contributed by atoms with Gasteiger partial charge in [0.2, 0.25) is 0 Å². The van der Waals surface area contributed by atoms with Gasteiger partial charge in [-0.3, -0.25) is 14.9 Å². The van der Waals surface area contributed by atoms with Gasteiger partial charge in [-0.25, -0.2) is 0 Å². The maximum Gasteiger partial charge on any atom is 0.270 e. The molecule has 2 aromatic carbocycles. The number of ketones is 1. The predicted molar refractivity (Wildman–Crippen MR) is 60.6 cm³/mol. The fraction of sp³-hybridized carbons (Fsp3) is 0.0833. The quantitative estimate of drug-likeness (QED) is 0.439. The lowest BCUT2D eigenvalue weighted by atomic mass is 10.0. The van der Waals surface area contributed by atoms with E-state index in [4.69, 9.17) is 0 Å². The zero-order valence-electron chi connectivity index (χ0n) is 8.64. The molecule has 80 valence electrons. The number of nitro groups is 1. The van der Waals surface area contributed by atoms with Crippen molar-refractivity contribution in [3.8, 4) is 0 Å². The van der Waals surface area contributed by atoms with Crippen LogP contribution in [0.3, 0.4) is 0 Å². The molecule has 16 heavy (non-hydrogen) atoms. The van der Waals surface area contributed by atoms with Crippen LogP contribution in [0.15, 0.2) is 36.4 Å². The Morgan fingerprint density at radius 2 is 2.00 bits per heavy atom. The molecular weight excluding hydrogens is 206 g/mol. The van der Waals surface area contributed by atoms with E-state index in [1.165, 1.54) is 19.1 Å². The van der Waals surface area contributed by atoms with Crippen LogP contribution in [0.5, 0.6) is 0 Å². The van der Waals surface area contributed by atoms with Gasteiger partial charge < -0.3 is 0 Å². The highest BCUT2D eigenvalue weighted by Crippen LogP contribution is 2.23. The van der Waals surface area contributed by atoms with Crippen molar-refractivity contribution in [2.24, 2.45) is 0 Å². The highest BCUT2D eigenvalue weighted by atomic mass is 16.6. The number of non-ortho nitro benzene ring substituents is 1. The molecule has 0 heterocycles. The van der Waals surface area contributed by atoms with Crippen LogP contribution in [0.1, 0.15) is 17.3 Å². The first-order valence-electron chi connectivity index (χ1n) is 4.77. The number of carbonyl (C=O) groups excluding carboxylic acids is 1. The van der Waals surface area contributed by atoms with Crippen LogP contribution in [0.4, 0.5) is 5.69 Å². The Hall–Kier alpha value is -2.23. The van der Waals surface area contributed by atoms with Gasteiger partial charge >= 0.3 is 0 Å². The van der Waals surface area contributed by atoms with Gasteiger partial charge in [-0.05, 0) is 23.8 Å². The minimum absolute atomic E-state index is 0.0354. The van der Waals surface area contributed by atoms with E-state index in [9.17, 15) is 14.9 Å². The fourth-order valence-corrected chi connectivity index (χ4v) is 1.69. The normalized spacial score (nSPS) is 10.3. The number of carbonyl (C=O) groups is 1. The van der Waals surface area contributed by atoms with Crippen LogP contribution >= 0.6 is 0 Å². The Morgan fingerprint density at radius 1 is 1.25 bits per heavy atom. The molecule has 0 radical (unpaired) electrons. The second kappa shape index (κ2) is 3.73. The molecule has 0 spiro atoms. The molecule has 0 unspecified atom stereocenters. The van der Waals surface area contributed by atoms with Gasteiger partial charge in [-0.1, -0.05) is 18.2 Å². The van der Waals surface area contributed by atoms with E-state index >= 15 is 0 Å². The molecule has 2 aromatic rings. The van der Waals surface area contributed by atoms with Gasteiger partial charge in [0, 0.05) is 17.7 Å². The van der Waals surface area contributed by atoms with Crippen LogP contribution in [0.25, 0.3) is 10.8 Å². The smallest absolute Gasteiger partial charge is 0.270 e. The molecule has 0 aliphatic carbocycles. The highest BCUT2D eigenvalue weighted by molar-refractivity contribution is 6.07. The molecule has 4 nitrogen and oxygen atoms in total. The molecular formula is C12H9NO3. The van der Waals surface area contributed by atoms with Gasteiger partial charge in [-0.2, -0.15) is 0 Å². The van der Waals surface area contributed by atoms with E-state index in [0.717, 1.165) is 5.39 Å². The zero-order chi connectivity index (χ0) is 11.7. The number of hydrogen-bond donors (Lipinski definition) is 0. The lowest BCUT2D eigenvalue weighted by molar-refractivity contribution is -0.384. The highest BCUT2D eigenvalue weighted by Gasteiger charge is 2.09. The van der Waals surface area contributed by atoms with E-state index in [-0.39, 0.29) is 11.5 Å². The van der Waals surface area contributed by atoms with E-state index in [1.807, 2.05) is 0 Å². The summed E-state index contributed by atoms with van der Waals surface area (Å²) in [6, 6.07) is 9.70.